The molecule has 0 aromatic carbocycles. The van der Waals surface area contributed by atoms with Gasteiger partial charge in [0, 0.05) is 0 Å². The molecule has 0 saturated heterocycles. The van der Waals surface area contributed by atoms with Crippen molar-refractivity contribution in [2.75, 3.05) is 6.54 Å². The first kappa shape index (κ1) is 9.92. The molecule has 0 spiro atoms. The second-order valence-electron chi connectivity index (χ2n) is 2.60. The van der Waals surface area contributed by atoms with Crippen molar-refractivity contribution < 1.29 is 0 Å². The van der Waals surface area contributed by atoms with Crippen LogP contribution < -0.4 is 4.98 Å². The number of hydrogen-bond donors (Lipinski definition) is 1. The summed E-state index contributed by atoms with van der Waals surface area (Å²) in [4.78, 5) is 3.57. The van der Waals surface area contributed by atoms with E-state index in [1.54, 1.807) is 0 Å². The molecule has 1 nitrogen and oxygen atoms in total. The molecular weight excluding hydrogens is 138 g/mol. The monoisotopic (exact) mass is 157 g/mol. The van der Waals surface area contributed by atoms with E-state index in [9.17, 15) is 0 Å². The van der Waals surface area contributed by atoms with Crippen molar-refractivity contribution in [3.05, 3.63) is 12.3 Å². The number of hydrogen-bond acceptors (Lipinski definition) is 1. The van der Waals surface area contributed by atoms with Gasteiger partial charge >= 0.3 is 0 Å². The summed E-state index contributed by atoms with van der Waals surface area (Å²) in [5, 5.41) is 0. The van der Waals surface area contributed by atoms with Crippen LogP contribution in [0.4, 0.5) is 0 Å². The minimum Gasteiger partial charge on any atom is -0.334 e. The molecule has 60 valence electrons. The van der Waals surface area contributed by atoms with Crippen molar-refractivity contribution in [1.82, 2.24) is 4.98 Å². The molecule has 0 fully saturated rings. The molecule has 0 aliphatic heterocycles. The molecule has 0 amide bonds. The Bertz CT molecular complexity index is 97.4. The normalized spacial score (nSPS) is 11.5. The van der Waals surface area contributed by atoms with Gasteiger partial charge in [-0.2, -0.15) is 0 Å². The van der Waals surface area contributed by atoms with Crippen molar-refractivity contribution in [2.45, 2.75) is 32.9 Å². The number of nitrogens with one attached hydrogen (secondary N) is 1. The Morgan fingerprint density at radius 1 is 1.30 bits per heavy atom. The van der Waals surface area contributed by atoms with Crippen molar-refractivity contribution >= 4 is 8.24 Å². The summed E-state index contributed by atoms with van der Waals surface area (Å²) in [6.45, 7) is 11.6. The van der Waals surface area contributed by atoms with Crippen LogP contribution in [-0.4, -0.2) is 14.8 Å². The third-order valence-corrected chi connectivity index (χ3v) is 6.54. The summed E-state index contributed by atoms with van der Waals surface area (Å²) in [6, 6.07) is 2.53. The molecule has 0 unspecified atom stereocenters. The van der Waals surface area contributed by atoms with Gasteiger partial charge in [0.15, 0.2) is 0 Å². The van der Waals surface area contributed by atoms with Gasteiger partial charge in [-0.3, -0.25) is 0 Å². The molecule has 0 radical (unpaired) electrons. The summed E-state index contributed by atoms with van der Waals surface area (Å²) in [6.07, 6.45) is 0. The molecule has 0 bridgehead atoms. The van der Waals surface area contributed by atoms with Gasteiger partial charge in [-0.05, 0) is 18.6 Å². The molecule has 0 rings (SSSR count). The summed E-state index contributed by atoms with van der Waals surface area (Å²) in [5.41, 5.74) is 2.16. The molecule has 0 aliphatic carbocycles. The Balaban J connectivity index is 4.00. The van der Waals surface area contributed by atoms with Gasteiger partial charge in [0.2, 0.25) is 0 Å². The fraction of sp³-hybridized carbons (Fsp3) is 0.750. The van der Waals surface area contributed by atoms with E-state index in [0.29, 0.717) is 0 Å². The molecule has 0 atom stereocenters. The maximum absolute atomic E-state index is 3.89. The third-order valence-electron chi connectivity index (χ3n) is 2.18. The third kappa shape index (κ3) is 2.27. The zero-order valence-corrected chi connectivity index (χ0v) is 8.41. The minimum atomic E-state index is -1.20. The standard InChI is InChI=1S/C8H19NSi/c1-5-9-10(6-2,7-3)8-4/h6,9H,2,5,7-8H2,1,3-4H3. The summed E-state index contributed by atoms with van der Waals surface area (Å²) < 4.78 is 0. The van der Waals surface area contributed by atoms with Gasteiger partial charge in [0.05, 0.1) is 0 Å². The minimum absolute atomic E-state index is 1.08. The van der Waals surface area contributed by atoms with Gasteiger partial charge in [-0.25, -0.2) is 0 Å². The molecule has 10 heavy (non-hydrogen) atoms. The highest BCUT2D eigenvalue weighted by Crippen LogP contribution is 2.11. The molecule has 2 heteroatoms. The van der Waals surface area contributed by atoms with Crippen LogP contribution in [0.5, 0.6) is 0 Å². The van der Waals surface area contributed by atoms with Crippen LogP contribution in [0.1, 0.15) is 20.8 Å². The average Bonchev–Trinajstić information content (AvgIpc) is 2.01. The van der Waals surface area contributed by atoms with E-state index in [0.717, 1.165) is 6.54 Å². The largest absolute Gasteiger partial charge is 0.334 e. The van der Waals surface area contributed by atoms with Gasteiger partial charge in [0.1, 0.15) is 8.24 Å². The lowest BCUT2D eigenvalue weighted by Gasteiger charge is -2.25. The molecule has 1 N–H and O–H groups in total. The summed E-state index contributed by atoms with van der Waals surface area (Å²) in [7, 11) is -1.20. The number of rotatable bonds is 5. The van der Waals surface area contributed by atoms with Crippen molar-refractivity contribution in [2.24, 2.45) is 0 Å². The van der Waals surface area contributed by atoms with Gasteiger partial charge in [-0.1, -0.05) is 26.5 Å². The van der Waals surface area contributed by atoms with Crippen molar-refractivity contribution in [3.63, 3.8) is 0 Å². The van der Waals surface area contributed by atoms with Gasteiger partial charge in [-0.15, -0.1) is 6.58 Å². The lowest BCUT2D eigenvalue weighted by Crippen LogP contribution is -2.47. The van der Waals surface area contributed by atoms with E-state index in [4.69, 9.17) is 0 Å². The quantitative estimate of drug-likeness (QED) is 0.604. The van der Waals surface area contributed by atoms with Crippen LogP contribution in [0.3, 0.4) is 0 Å². The molecule has 0 saturated carbocycles. The van der Waals surface area contributed by atoms with Crippen LogP contribution in [0, 0.1) is 0 Å². The average molecular weight is 157 g/mol. The highest BCUT2D eigenvalue weighted by molar-refractivity contribution is 6.82. The Kier molecular flexibility index (Phi) is 4.65. The van der Waals surface area contributed by atoms with Crippen LogP contribution in [0.2, 0.25) is 12.1 Å². The van der Waals surface area contributed by atoms with Crippen LogP contribution >= 0.6 is 0 Å². The first-order chi connectivity index (χ1) is 4.74. The van der Waals surface area contributed by atoms with Gasteiger partial charge < -0.3 is 4.98 Å². The Labute approximate surface area is 65.6 Å². The smallest absolute Gasteiger partial charge is 0.149 e. The maximum Gasteiger partial charge on any atom is 0.149 e. The van der Waals surface area contributed by atoms with E-state index < -0.39 is 8.24 Å². The van der Waals surface area contributed by atoms with E-state index in [1.807, 2.05) is 0 Å². The first-order valence-electron chi connectivity index (χ1n) is 4.13. The van der Waals surface area contributed by atoms with Crippen LogP contribution in [-0.2, 0) is 0 Å². The second kappa shape index (κ2) is 4.69. The highest BCUT2D eigenvalue weighted by atomic mass is 28.3. The second-order valence-corrected chi connectivity index (χ2v) is 7.09. The van der Waals surface area contributed by atoms with Gasteiger partial charge in [0.25, 0.3) is 0 Å². The first-order valence-corrected chi connectivity index (χ1v) is 6.62. The van der Waals surface area contributed by atoms with E-state index in [2.05, 4.69) is 38.0 Å². The predicted molar refractivity (Wildman–Crippen MR) is 50.6 cm³/mol. The Morgan fingerprint density at radius 2 is 1.80 bits per heavy atom. The zero-order valence-electron chi connectivity index (χ0n) is 7.41. The molecular formula is C8H19NSi. The molecule has 0 aromatic heterocycles. The zero-order chi connectivity index (χ0) is 8.04. The maximum atomic E-state index is 3.89. The molecule has 0 aliphatic rings. The van der Waals surface area contributed by atoms with E-state index >= 15 is 0 Å². The van der Waals surface area contributed by atoms with Crippen LogP contribution in [0.25, 0.3) is 0 Å². The van der Waals surface area contributed by atoms with Crippen molar-refractivity contribution in [3.8, 4) is 0 Å². The Morgan fingerprint density at radius 3 is 1.90 bits per heavy atom. The fourth-order valence-corrected chi connectivity index (χ4v) is 3.64. The lowest BCUT2D eigenvalue weighted by molar-refractivity contribution is 0.939. The highest BCUT2D eigenvalue weighted by Gasteiger charge is 2.23. The van der Waals surface area contributed by atoms with Crippen molar-refractivity contribution in [1.29, 1.82) is 0 Å². The van der Waals surface area contributed by atoms with E-state index in [-0.39, 0.29) is 0 Å². The summed E-state index contributed by atoms with van der Waals surface area (Å²) in [5.74, 6) is 0. The lowest BCUT2D eigenvalue weighted by atomic mass is 10.8. The topological polar surface area (TPSA) is 12.0 Å². The molecule has 0 aromatic rings. The SMILES string of the molecule is C=C[Si](CC)(CC)NCC. The van der Waals surface area contributed by atoms with Crippen LogP contribution in [0.15, 0.2) is 12.3 Å². The summed E-state index contributed by atoms with van der Waals surface area (Å²) >= 11 is 0. The Hall–Kier alpha value is -0.0831. The fourth-order valence-electron chi connectivity index (χ4n) is 1.21. The van der Waals surface area contributed by atoms with E-state index in [1.165, 1.54) is 12.1 Å². The predicted octanol–water partition coefficient (Wildman–Crippen LogP) is 2.31. The molecule has 0 heterocycles.